The highest BCUT2D eigenvalue weighted by Crippen LogP contribution is 2.32. The summed E-state index contributed by atoms with van der Waals surface area (Å²) in [6.45, 7) is 6.76. The lowest BCUT2D eigenvalue weighted by molar-refractivity contribution is -0.130. The Morgan fingerprint density at radius 3 is 2.75 bits per heavy atom. The molecule has 0 bridgehead atoms. The number of ether oxygens (including phenoxy) is 2. The number of morpholine rings is 1. The van der Waals surface area contributed by atoms with E-state index in [0.29, 0.717) is 32.7 Å². The number of nitrogens with zero attached hydrogens (tertiary/aromatic N) is 3. The van der Waals surface area contributed by atoms with Crippen LogP contribution < -0.4 is 10.2 Å². The molecule has 2 aromatic rings. The molecule has 148 valence electrons. The van der Waals surface area contributed by atoms with Crippen molar-refractivity contribution in [3.05, 3.63) is 53.3 Å². The third-order valence-electron chi connectivity index (χ3n) is 5.21. The van der Waals surface area contributed by atoms with Crippen molar-refractivity contribution in [3.63, 3.8) is 0 Å². The zero-order chi connectivity index (χ0) is 19.6. The minimum Gasteiger partial charge on any atom is -0.369 e. The van der Waals surface area contributed by atoms with Crippen LogP contribution in [0.5, 0.6) is 0 Å². The van der Waals surface area contributed by atoms with Crippen LogP contribution in [0.4, 0.5) is 5.95 Å². The number of hydrogen-bond acceptors (Lipinski definition) is 6. The fourth-order valence-electron chi connectivity index (χ4n) is 3.85. The van der Waals surface area contributed by atoms with Crippen molar-refractivity contribution in [2.45, 2.75) is 38.5 Å². The van der Waals surface area contributed by atoms with Gasteiger partial charge in [-0.2, -0.15) is 0 Å². The predicted molar refractivity (Wildman–Crippen MR) is 105 cm³/mol. The molecule has 1 N–H and O–H groups in total. The maximum Gasteiger partial charge on any atom is 0.249 e. The highest BCUT2D eigenvalue weighted by molar-refractivity contribution is 5.81. The maximum absolute atomic E-state index is 12.6. The van der Waals surface area contributed by atoms with Crippen LogP contribution >= 0.6 is 0 Å². The summed E-state index contributed by atoms with van der Waals surface area (Å²) in [6.07, 6.45) is 0.0402. The molecule has 2 fully saturated rings. The Bertz CT molecular complexity index is 825. The molecule has 1 amide bonds. The molecule has 2 saturated heterocycles. The molecule has 7 heteroatoms. The number of aryl methyl sites for hydroxylation is 2. The largest absolute Gasteiger partial charge is 0.369 e. The van der Waals surface area contributed by atoms with E-state index in [-0.39, 0.29) is 5.91 Å². The minimum atomic E-state index is -0.496. The Balaban J connectivity index is 1.38. The van der Waals surface area contributed by atoms with Gasteiger partial charge in [-0.3, -0.25) is 4.79 Å². The lowest BCUT2D eigenvalue weighted by Gasteiger charge is -2.39. The Morgan fingerprint density at radius 2 is 2.00 bits per heavy atom. The minimum absolute atomic E-state index is 0.0934. The van der Waals surface area contributed by atoms with Crippen molar-refractivity contribution in [1.29, 1.82) is 0 Å². The van der Waals surface area contributed by atoms with Crippen molar-refractivity contribution in [2.75, 3.05) is 31.2 Å². The first-order valence-electron chi connectivity index (χ1n) is 9.67. The molecule has 0 radical (unpaired) electrons. The van der Waals surface area contributed by atoms with Crippen LogP contribution in [0.2, 0.25) is 0 Å². The number of nitrogens with one attached hydrogen (secondary N) is 1. The molecule has 1 aromatic heterocycles. The van der Waals surface area contributed by atoms with Crippen LogP contribution in [0.15, 0.2) is 36.4 Å². The molecule has 0 saturated carbocycles. The van der Waals surface area contributed by atoms with Crippen LogP contribution in [-0.2, 0) is 20.8 Å². The second-order valence-corrected chi connectivity index (χ2v) is 7.61. The van der Waals surface area contributed by atoms with Gasteiger partial charge in [-0.05, 0) is 25.5 Å². The first kappa shape index (κ1) is 18.8. The Morgan fingerprint density at radius 1 is 1.25 bits per heavy atom. The fourth-order valence-corrected chi connectivity index (χ4v) is 3.85. The Hall–Kier alpha value is -2.51. The number of carbonyl (C=O) groups is 1. The highest BCUT2D eigenvalue weighted by atomic mass is 16.6. The molecule has 2 aliphatic heterocycles. The SMILES string of the molecule is Cc1cc(C)nc(N2CCOC3(COC(C(=O)NCc4ccccc4)C3)C2)n1. The van der Waals surface area contributed by atoms with Crippen LogP contribution in [0.3, 0.4) is 0 Å². The number of anilines is 1. The number of aromatic nitrogens is 2. The summed E-state index contributed by atoms with van der Waals surface area (Å²) in [4.78, 5) is 23.8. The van der Waals surface area contributed by atoms with Crippen molar-refractivity contribution >= 4 is 11.9 Å². The molecular weight excluding hydrogens is 356 g/mol. The molecule has 0 aliphatic carbocycles. The average molecular weight is 382 g/mol. The molecule has 2 unspecified atom stereocenters. The quantitative estimate of drug-likeness (QED) is 0.869. The van der Waals surface area contributed by atoms with E-state index in [1.54, 1.807) is 0 Å². The molecule has 28 heavy (non-hydrogen) atoms. The van der Waals surface area contributed by atoms with Gasteiger partial charge in [0.1, 0.15) is 11.7 Å². The molecule has 7 nitrogen and oxygen atoms in total. The molecule has 2 aliphatic rings. The van der Waals surface area contributed by atoms with Crippen LogP contribution in [0.1, 0.15) is 23.4 Å². The second kappa shape index (κ2) is 7.85. The molecule has 3 heterocycles. The van der Waals surface area contributed by atoms with Gasteiger partial charge < -0.3 is 19.7 Å². The van der Waals surface area contributed by atoms with Crippen LogP contribution in [-0.4, -0.2) is 53.9 Å². The Labute approximate surface area is 165 Å². The van der Waals surface area contributed by atoms with E-state index in [2.05, 4.69) is 20.2 Å². The first-order valence-corrected chi connectivity index (χ1v) is 9.67. The molecule has 4 rings (SSSR count). The van der Waals surface area contributed by atoms with Gasteiger partial charge in [-0.15, -0.1) is 0 Å². The number of benzene rings is 1. The van der Waals surface area contributed by atoms with E-state index in [1.165, 1.54) is 0 Å². The summed E-state index contributed by atoms with van der Waals surface area (Å²) in [5.41, 5.74) is 2.47. The molecular formula is C21H26N4O3. The lowest BCUT2D eigenvalue weighted by Crippen LogP contribution is -2.53. The van der Waals surface area contributed by atoms with Crippen molar-refractivity contribution in [3.8, 4) is 0 Å². The van der Waals surface area contributed by atoms with Gasteiger partial charge in [-0.1, -0.05) is 30.3 Å². The maximum atomic E-state index is 12.6. The average Bonchev–Trinajstić information content (AvgIpc) is 3.09. The summed E-state index contributed by atoms with van der Waals surface area (Å²) >= 11 is 0. The molecule has 2 atom stereocenters. The number of rotatable bonds is 4. The zero-order valence-electron chi connectivity index (χ0n) is 16.4. The van der Waals surface area contributed by atoms with E-state index < -0.39 is 11.7 Å². The number of amides is 1. The highest BCUT2D eigenvalue weighted by Gasteiger charge is 2.47. The zero-order valence-corrected chi connectivity index (χ0v) is 16.4. The summed E-state index contributed by atoms with van der Waals surface area (Å²) in [7, 11) is 0. The van der Waals surface area contributed by atoms with Gasteiger partial charge in [0.2, 0.25) is 11.9 Å². The summed E-state index contributed by atoms with van der Waals surface area (Å²) in [5, 5.41) is 2.96. The normalized spacial score (nSPS) is 24.5. The summed E-state index contributed by atoms with van der Waals surface area (Å²) < 4.78 is 11.9. The van der Waals surface area contributed by atoms with Crippen molar-refractivity contribution < 1.29 is 14.3 Å². The Kier molecular flexibility index (Phi) is 5.28. The monoisotopic (exact) mass is 382 g/mol. The topological polar surface area (TPSA) is 76.6 Å². The predicted octanol–water partition coefficient (Wildman–Crippen LogP) is 1.77. The van der Waals surface area contributed by atoms with E-state index >= 15 is 0 Å². The third kappa shape index (κ3) is 4.15. The molecule has 1 aromatic carbocycles. The van der Waals surface area contributed by atoms with E-state index in [0.717, 1.165) is 29.4 Å². The smallest absolute Gasteiger partial charge is 0.249 e. The summed E-state index contributed by atoms with van der Waals surface area (Å²) in [6, 6.07) is 11.8. The van der Waals surface area contributed by atoms with Crippen LogP contribution in [0.25, 0.3) is 0 Å². The molecule has 1 spiro atoms. The summed E-state index contributed by atoms with van der Waals surface area (Å²) in [5.74, 6) is 0.626. The number of carbonyl (C=O) groups excluding carboxylic acids is 1. The van der Waals surface area contributed by atoms with Crippen molar-refractivity contribution in [2.24, 2.45) is 0 Å². The van der Waals surface area contributed by atoms with Gasteiger partial charge >= 0.3 is 0 Å². The van der Waals surface area contributed by atoms with Crippen molar-refractivity contribution in [1.82, 2.24) is 15.3 Å². The lowest BCUT2D eigenvalue weighted by atomic mass is 9.97. The van der Waals surface area contributed by atoms with Gasteiger partial charge in [0.15, 0.2) is 0 Å². The van der Waals surface area contributed by atoms with E-state index in [9.17, 15) is 4.79 Å². The van der Waals surface area contributed by atoms with Crippen LogP contribution in [0, 0.1) is 13.8 Å². The second-order valence-electron chi connectivity index (χ2n) is 7.61. The number of hydrogen-bond donors (Lipinski definition) is 1. The van der Waals surface area contributed by atoms with Gasteiger partial charge in [-0.25, -0.2) is 9.97 Å². The van der Waals surface area contributed by atoms with Gasteiger partial charge in [0.25, 0.3) is 0 Å². The van der Waals surface area contributed by atoms with E-state index in [4.69, 9.17) is 9.47 Å². The first-order chi connectivity index (χ1) is 13.5. The van der Waals surface area contributed by atoms with Gasteiger partial charge in [0, 0.05) is 30.9 Å². The van der Waals surface area contributed by atoms with E-state index in [1.807, 2.05) is 50.2 Å². The standard InChI is InChI=1S/C21H26N4O3/c1-15-10-16(2)24-20(23-15)25-8-9-28-21(13-25)11-18(27-14-21)19(26)22-12-17-6-4-3-5-7-17/h3-7,10,18H,8-9,11-14H2,1-2H3,(H,22,26). The third-order valence-corrected chi connectivity index (χ3v) is 5.21. The van der Waals surface area contributed by atoms with Gasteiger partial charge in [0.05, 0.1) is 19.8 Å². The fraction of sp³-hybridized carbons (Fsp3) is 0.476.